The van der Waals surface area contributed by atoms with Crippen molar-refractivity contribution >= 4 is 11.7 Å². The predicted molar refractivity (Wildman–Crippen MR) is 72.3 cm³/mol. The van der Waals surface area contributed by atoms with Gasteiger partial charge in [0.15, 0.2) is 0 Å². The maximum Gasteiger partial charge on any atom is 0.335 e. The van der Waals surface area contributed by atoms with E-state index in [0.29, 0.717) is 6.61 Å². The van der Waals surface area contributed by atoms with Gasteiger partial charge in [-0.2, -0.15) is 0 Å². The van der Waals surface area contributed by atoms with Crippen molar-refractivity contribution in [1.29, 1.82) is 0 Å². The van der Waals surface area contributed by atoms with E-state index in [2.05, 4.69) is 24.4 Å². The fourth-order valence-corrected chi connectivity index (χ4v) is 2.22. The number of hydrogen-bond donors (Lipinski definition) is 1. The minimum Gasteiger partial charge on any atom is -0.463 e. The second-order valence-corrected chi connectivity index (χ2v) is 4.53. The zero-order valence-electron chi connectivity index (χ0n) is 11.0. The van der Waals surface area contributed by atoms with Crippen LogP contribution in [0.4, 0.5) is 5.69 Å². The third-order valence-electron chi connectivity index (χ3n) is 3.05. The van der Waals surface area contributed by atoms with Gasteiger partial charge in [-0.25, -0.2) is 4.79 Å². The molecule has 0 aromatic heterocycles. The summed E-state index contributed by atoms with van der Waals surface area (Å²) in [4.78, 5) is 11.8. The fraction of sp³-hybridized carbons (Fsp3) is 0.400. The number of carbonyl (C=O) groups excluding carboxylic acids is 1. The van der Waals surface area contributed by atoms with Gasteiger partial charge in [0, 0.05) is 11.4 Å². The van der Waals surface area contributed by atoms with Gasteiger partial charge in [0.05, 0.1) is 12.2 Å². The standard InChI is InChI=1S/C15H19NO2/c1-3-18-15(17)13-8-5-9-14(13)16-12-7-4-6-11(2)10-12/h4,6-7,10,16H,3,5,8-9H2,1-2H3. The summed E-state index contributed by atoms with van der Waals surface area (Å²) in [5.74, 6) is -0.176. The largest absolute Gasteiger partial charge is 0.463 e. The van der Waals surface area contributed by atoms with Crippen LogP contribution in [-0.4, -0.2) is 12.6 Å². The van der Waals surface area contributed by atoms with E-state index in [1.807, 2.05) is 19.1 Å². The summed E-state index contributed by atoms with van der Waals surface area (Å²) in [5, 5.41) is 3.35. The van der Waals surface area contributed by atoms with Crippen molar-refractivity contribution < 1.29 is 9.53 Å². The van der Waals surface area contributed by atoms with Gasteiger partial charge in [-0.1, -0.05) is 12.1 Å². The van der Waals surface area contributed by atoms with Crippen molar-refractivity contribution in [2.45, 2.75) is 33.1 Å². The molecule has 0 aliphatic heterocycles. The number of hydrogen-bond acceptors (Lipinski definition) is 3. The zero-order chi connectivity index (χ0) is 13.0. The highest BCUT2D eigenvalue weighted by molar-refractivity contribution is 5.90. The van der Waals surface area contributed by atoms with Gasteiger partial charge in [0.25, 0.3) is 0 Å². The van der Waals surface area contributed by atoms with Crippen LogP contribution in [0.2, 0.25) is 0 Å². The van der Waals surface area contributed by atoms with E-state index in [1.165, 1.54) is 5.56 Å². The molecule has 1 aliphatic rings. The number of esters is 1. The van der Waals surface area contributed by atoms with Crippen LogP contribution in [0.15, 0.2) is 35.5 Å². The molecule has 0 bridgehead atoms. The molecule has 1 aromatic carbocycles. The summed E-state index contributed by atoms with van der Waals surface area (Å²) in [6, 6.07) is 8.16. The van der Waals surface area contributed by atoms with E-state index in [1.54, 1.807) is 0 Å². The van der Waals surface area contributed by atoms with E-state index in [9.17, 15) is 4.79 Å². The molecular formula is C15H19NO2. The number of ether oxygens (including phenoxy) is 1. The summed E-state index contributed by atoms with van der Waals surface area (Å²) in [6.07, 6.45) is 2.75. The van der Waals surface area contributed by atoms with Gasteiger partial charge in [-0.3, -0.25) is 0 Å². The summed E-state index contributed by atoms with van der Waals surface area (Å²) < 4.78 is 5.08. The monoisotopic (exact) mass is 245 g/mol. The Morgan fingerprint density at radius 1 is 1.39 bits per heavy atom. The van der Waals surface area contributed by atoms with Crippen LogP contribution in [0.1, 0.15) is 31.7 Å². The SMILES string of the molecule is CCOC(=O)C1=C(Nc2cccc(C)c2)CCC1. The first-order chi connectivity index (χ1) is 8.70. The van der Waals surface area contributed by atoms with E-state index < -0.39 is 0 Å². The Hall–Kier alpha value is -1.77. The van der Waals surface area contributed by atoms with Gasteiger partial charge in [-0.05, 0) is 50.8 Å². The number of carbonyl (C=O) groups is 1. The molecule has 1 aromatic rings. The van der Waals surface area contributed by atoms with Gasteiger partial charge in [0.2, 0.25) is 0 Å². The molecule has 0 amide bonds. The lowest BCUT2D eigenvalue weighted by molar-refractivity contribution is -0.138. The highest BCUT2D eigenvalue weighted by Crippen LogP contribution is 2.28. The Morgan fingerprint density at radius 2 is 2.22 bits per heavy atom. The van der Waals surface area contributed by atoms with Crippen molar-refractivity contribution in [3.05, 3.63) is 41.1 Å². The average Bonchev–Trinajstić information content (AvgIpc) is 2.77. The molecule has 1 aliphatic carbocycles. The maximum absolute atomic E-state index is 11.8. The summed E-state index contributed by atoms with van der Waals surface area (Å²) in [6.45, 7) is 4.32. The van der Waals surface area contributed by atoms with Crippen molar-refractivity contribution in [3.63, 3.8) is 0 Å². The molecule has 18 heavy (non-hydrogen) atoms. The van der Waals surface area contributed by atoms with Crippen LogP contribution in [0, 0.1) is 6.92 Å². The number of nitrogens with one attached hydrogen (secondary N) is 1. The summed E-state index contributed by atoms with van der Waals surface area (Å²) in [7, 11) is 0. The van der Waals surface area contributed by atoms with Crippen LogP contribution in [0.5, 0.6) is 0 Å². The van der Waals surface area contributed by atoms with Crippen LogP contribution < -0.4 is 5.32 Å². The number of allylic oxidation sites excluding steroid dienone is 1. The smallest absolute Gasteiger partial charge is 0.335 e. The first-order valence-corrected chi connectivity index (χ1v) is 6.43. The molecule has 0 radical (unpaired) electrons. The Morgan fingerprint density at radius 3 is 2.94 bits per heavy atom. The summed E-state index contributed by atoms with van der Waals surface area (Å²) >= 11 is 0. The van der Waals surface area contributed by atoms with Gasteiger partial charge in [0.1, 0.15) is 0 Å². The molecule has 3 heteroatoms. The third kappa shape index (κ3) is 2.92. The Balaban J connectivity index is 2.16. The molecule has 0 atom stereocenters. The molecule has 0 spiro atoms. The lowest BCUT2D eigenvalue weighted by atomic mass is 10.2. The van der Waals surface area contributed by atoms with Crippen LogP contribution in [0.3, 0.4) is 0 Å². The molecular weight excluding hydrogens is 226 g/mol. The lowest BCUT2D eigenvalue weighted by Gasteiger charge is -2.10. The molecule has 3 nitrogen and oxygen atoms in total. The van der Waals surface area contributed by atoms with Crippen LogP contribution in [-0.2, 0) is 9.53 Å². The highest BCUT2D eigenvalue weighted by Gasteiger charge is 2.21. The maximum atomic E-state index is 11.8. The van der Waals surface area contributed by atoms with E-state index in [0.717, 1.165) is 36.2 Å². The number of rotatable bonds is 4. The second kappa shape index (κ2) is 5.71. The molecule has 2 rings (SSSR count). The highest BCUT2D eigenvalue weighted by atomic mass is 16.5. The number of aryl methyl sites for hydroxylation is 1. The molecule has 0 fully saturated rings. The van der Waals surface area contributed by atoms with Gasteiger partial charge >= 0.3 is 5.97 Å². The van der Waals surface area contributed by atoms with E-state index in [-0.39, 0.29) is 5.97 Å². The molecule has 0 unspecified atom stereocenters. The molecule has 0 saturated carbocycles. The minimum atomic E-state index is -0.176. The minimum absolute atomic E-state index is 0.176. The predicted octanol–water partition coefficient (Wildman–Crippen LogP) is 3.41. The van der Waals surface area contributed by atoms with Crippen LogP contribution in [0.25, 0.3) is 0 Å². The van der Waals surface area contributed by atoms with Crippen LogP contribution >= 0.6 is 0 Å². The topological polar surface area (TPSA) is 38.3 Å². The first-order valence-electron chi connectivity index (χ1n) is 6.43. The fourth-order valence-electron chi connectivity index (χ4n) is 2.22. The summed E-state index contributed by atoms with van der Waals surface area (Å²) in [5.41, 5.74) is 4.06. The van der Waals surface area contributed by atoms with Crippen molar-refractivity contribution in [3.8, 4) is 0 Å². The molecule has 96 valence electrons. The Labute approximate surface area is 108 Å². The second-order valence-electron chi connectivity index (χ2n) is 4.53. The average molecular weight is 245 g/mol. The lowest BCUT2D eigenvalue weighted by Crippen LogP contribution is -2.10. The van der Waals surface area contributed by atoms with Crippen molar-refractivity contribution in [2.24, 2.45) is 0 Å². The molecule has 0 saturated heterocycles. The molecule has 0 heterocycles. The quantitative estimate of drug-likeness (QED) is 0.826. The number of benzene rings is 1. The van der Waals surface area contributed by atoms with E-state index >= 15 is 0 Å². The Bertz CT molecular complexity index is 477. The van der Waals surface area contributed by atoms with Crippen molar-refractivity contribution in [2.75, 3.05) is 11.9 Å². The van der Waals surface area contributed by atoms with E-state index in [4.69, 9.17) is 4.74 Å². The molecule has 1 N–H and O–H groups in total. The Kier molecular flexibility index (Phi) is 4.03. The van der Waals surface area contributed by atoms with Gasteiger partial charge < -0.3 is 10.1 Å². The first kappa shape index (κ1) is 12.7. The van der Waals surface area contributed by atoms with Crippen molar-refractivity contribution in [1.82, 2.24) is 0 Å². The van der Waals surface area contributed by atoms with Gasteiger partial charge in [-0.15, -0.1) is 0 Å². The number of anilines is 1. The third-order valence-corrected chi connectivity index (χ3v) is 3.05. The zero-order valence-corrected chi connectivity index (χ0v) is 11.0. The normalized spacial score (nSPS) is 14.8.